The summed E-state index contributed by atoms with van der Waals surface area (Å²) in [5.74, 6) is 0.954. The summed E-state index contributed by atoms with van der Waals surface area (Å²) in [5.41, 5.74) is 2.62. The van der Waals surface area contributed by atoms with E-state index in [0.717, 1.165) is 40.2 Å². The highest BCUT2D eigenvalue weighted by atomic mass is 79.9. The molecule has 0 radical (unpaired) electrons. The van der Waals surface area contributed by atoms with Gasteiger partial charge in [0.05, 0.1) is 30.6 Å². The highest BCUT2D eigenvalue weighted by Gasteiger charge is 2.30. The van der Waals surface area contributed by atoms with E-state index in [2.05, 4.69) is 39.7 Å². The summed E-state index contributed by atoms with van der Waals surface area (Å²) in [4.78, 5) is 21.3. The van der Waals surface area contributed by atoms with Crippen LogP contribution in [0.5, 0.6) is 0 Å². The summed E-state index contributed by atoms with van der Waals surface area (Å²) in [7, 11) is 0. The molecule has 1 fully saturated rings. The quantitative estimate of drug-likeness (QED) is 0.770. The lowest BCUT2D eigenvalue weighted by atomic mass is 10.1. The summed E-state index contributed by atoms with van der Waals surface area (Å²) in [6.07, 6.45) is 2.17. The van der Waals surface area contributed by atoms with Crippen LogP contribution < -0.4 is 9.80 Å². The minimum Gasteiger partial charge on any atom is -0.372 e. The van der Waals surface area contributed by atoms with Crippen molar-refractivity contribution >= 4 is 33.3 Å². The van der Waals surface area contributed by atoms with Crippen molar-refractivity contribution in [3.05, 3.63) is 52.1 Å². The minimum absolute atomic E-state index is 0.0273. The molecule has 1 aromatic carbocycles. The Kier molecular flexibility index (Phi) is 4.25. The molecule has 2 atom stereocenters. The normalized spacial score (nSPS) is 23.1. The van der Waals surface area contributed by atoms with Gasteiger partial charge in [-0.25, -0.2) is 4.98 Å². The summed E-state index contributed by atoms with van der Waals surface area (Å²) < 4.78 is 6.75. The molecule has 2 aliphatic rings. The number of halogens is 1. The molecule has 1 aromatic heterocycles. The molecule has 0 N–H and O–H groups in total. The van der Waals surface area contributed by atoms with Gasteiger partial charge in [0, 0.05) is 23.1 Å². The Hall–Kier alpha value is -1.92. The van der Waals surface area contributed by atoms with Crippen molar-refractivity contribution in [2.45, 2.75) is 32.6 Å². The van der Waals surface area contributed by atoms with E-state index in [1.54, 1.807) is 11.1 Å². The van der Waals surface area contributed by atoms with Crippen LogP contribution in [0.25, 0.3) is 0 Å². The standard InChI is InChI=1S/C19H20BrN3O2/c1-12-9-22(10-13(2)25-12)18-7-6-14(8-21-18)23-11-16-15(19(23)24)4-3-5-17(16)20/h3-8,12-13H,9-11H2,1-2H3/t12-,13+. The van der Waals surface area contributed by atoms with Crippen LogP contribution in [-0.2, 0) is 11.3 Å². The van der Waals surface area contributed by atoms with E-state index in [4.69, 9.17) is 4.74 Å². The van der Waals surface area contributed by atoms with Crippen LogP contribution in [0.2, 0.25) is 0 Å². The number of carbonyl (C=O) groups excluding carboxylic acids is 1. The topological polar surface area (TPSA) is 45.7 Å². The SMILES string of the molecule is C[C@@H]1CN(c2ccc(N3Cc4c(Br)cccc4C3=O)cn2)C[C@H](C)O1. The van der Waals surface area contributed by atoms with Gasteiger partial charge in [-0.3, -0.25) is 4.79 Å². The number of amides is 1. The largest absolute Gasteiger partial charge is 0.372 e. The number of hydrogen-bond donors (Lipinski definition) is 0. The van der Waals surface area contributed by atoms with E-state index in [-0.39, 0.29) is 18.1 Å². The molecule has 25 heavy (non-hydrogen) atoms. The first kappa shape index (κ1) is 16.5. The summed E-state index contributed by atoms with van der Waals surface area (Å²) >= 11 is 3.54. The van der Waals surface area contributed by atoms with Crippen molar-refractivity contribution in [3.8, 4) is 0 Å². The first-order valence-electron chi connectivity index (χ1n) is 8.48. The molecule has 130 valence electrons. The molecule has 0 saturated carbocycles. The number of ether oxygens (including phenoxy) is 1. The Morgan fingerprint density at radius 3 is 2.56 bits per heavy atom. The van der Waals surface area contributed by atoms with Crippen LogP contribution in [0.3, 0.4) is 0 Å². The van der Waals surface area contributed by atoms with E-state index in [9.17, 15) is 4.79 Å². The van der Waals surface area contributed by atoms with E-state index >= 15 is 0 Å². The summed E-state index contributed by atoms with van der Waals surface area (Å²) in [6.45, 7) is 6.39. The molecule has 4 rings (SSSR count). The lowest BCUT2D eigenvalue weighted by Crippen LogP contribution is -2.45. The third kappa shape index (κ3) is 3.04. The summed E-state index contributed by atoms with van der Waals surface area (Å²) in [6, 6.07) is 9.71. The lowest BCUT2D eigenvalue weighted by molar-refractivity contribution is -0.00545. The molecule has 0 unspecified atom stereocenters. The van der Waals surface area contributed by atoms with Crippen LogP contribution in [0.1, 0.15) is 29.8 Å². The first-order valence-corrected chi connectivity index (χ1v) is 9.28. The zero-order chi connectivity index (χ0) is 17.6. The lowest BCUT2D eigenvalue weighted by Gasteiger charge is -2.36. The number of rotatable bonds is 2. The second kappa shape index (κ2) is 6.42. The fraction of sp³-hybridized carbons (Fsp3) is 0.368. The monoisotopic (exact) mass is 401 g/mol. The van der Waals surface area contributed by atoms with Crippen LogP contribution in [0.15, 0.2) is 41.0 Å². The van der Waals surface area contributed by atoms with Crippen molar-refractivity contribution in [1.82, 2.24) is 4.98 Å². The highest BCUT2D eigenvalue weighted by Crippen LogP contribution is 2.33. The van der Waals surface area contributed by atoms with Crippen LogP contribution in [0, 0.1) is 0 Å². The Morgan fingerprint density at radius 2 is 1.92 bits per heavy atom. The van der Waals surface area contributed by atoms with Crippen molar-refractivity contribution < 1.29 is 9.53 Å². The maximum Gasteiger partial charge on any atom is 0.259 e. The Labute approximate surface area is 155 Å². The fourth-order valence-corrected chi connectivity index (χ4v) is 4.09. The molecule has 0 spiro atoms. The van der Waals surface area contributed by atoms with Crippen molar-refractivity contribution in [2.75, 3.05) is 22.9 Å². The van der Waals surface area contributed by atoms with Crippen LogP contribution in [-0.4, -0.2) is 36.2 Å². The smallest absolute Gasteiger partial charge is 0.259 e. The van der Waals surface area contributed by atoms with Gasteiger partial charge >= 0.3 is 0 Å². The van der Waals surface area contributed by atoms with Gasteiger partial charge in [-0.05, 0) is 43.7 Å². The van der Waals surface area contributed by atoms with Gasteiger partial charge in [-0.15, -0.1) is 0 Å². The maximum atomic E-state index is 12.7. The summed E-state index contributed by atoms with van der Waals surface area (Å²) in [5, 5.41) is 0. The van der Waals surface area contributed by atoms with E-state index in [1.165, 1.54) is 0 Å². The van der Waals surface area contributed by atoms with E-state index in [0.29, 0.717) is 6.54 Å². The second-order valence-electron chi connectivity index (χ2n) is 6.69. The predicted molar refractivity (Wildman–Crippen MR) is 101 cm³/mol. The van der Waals surface area contributed by atoms with Gasteiger partial charge in [0.15, 0.2) is 0 Å². The van der Waals surface area contributed by atoms with Crippen molar-refractivity contribution in [1.29, 1.82) is 0 Å². The molecule has 5 nitrogen and oxygen atoms in total. The molecule has 6 heteroatoms. The van der Waals surface area contributed by atoms with Crippen LogP contribution >= 0.6 is 15.9 Å². The number of benzene rings is 1. The van der Waals surface area contributed by atoms with Gasteiger partial charge in [0.1, 0.15) is 5.82 Å². The molecule has 2 aromatic rings. The molecule has 1 saturated heterocycles. The number of carbonyl (C=O) groups is 1. The maximum absolute atomic E-state index is 12.7. The number of morpholine rings is 1. The molecular weight excluding hydrogens is 382 g/mol. The Balaban J connectivity index is 1.55. The van der Waals surface area contributed by atoms with Gasteiger partial charge in [-0.1, -0.05) is 22.0 Å². The molecule has 3 heterocycles. The molecular formula is C19H20BrN3O2. The number of pyridine rings is 1. The predicted octanol–water partition coefficient (Wildman–Crippen LogP) is 3.62. The van der Waals surface area contributed by atoms with Gasteiger partial charge in [0.25, 0.3) is 5.91 Å². The Morgan fingerprint density at radius 1 is 1.16 bits per heavy atom. The number of anilines is 2. The fourth-order valence-electron chi connectivity index (χ4n) is 3.59. The van der Waals surface area contributed by atoms with Crippen molar-refractivity contribution in [2.24, 2.45) is 0 Å². The van der Waals surface area contributed by atoms with Gasteiger partial charge in [-0.2, -0.15) is 0 Å². The van der Waals surface area contributed by atoms with Crippen LogP contribution in [0.4, 0.5) is 11.5 Å². The average Bonchev–Trinajstić information content (AvgIpc) is 2.93. The van der Waals surface area contributed by atoms with Gasteiger partial charge in [0.2, 0.25) is 0 Å². The van der Waals surface area contributed by atoms with E-state index in [1.807, 2.05) is 30.3 Å². The zero-order valence-corrected chi connectivity index (χ0v) is 15.9. The number of nitrogens with zero attached hydrogens (tertiary/aromatic N) is 3. The second-order valence-corrected chi connectivity index (χ2v) is 7.55. The highest BCUT2D eigenvalue weighted by molar-refractivity contribution is 9.10. The third-order valence-electron chi connectivity index (χ3n) is 4.70. The molecule has 2 aliphatic heterocycles. The Bertz CT molecular complexity index is 799. The van der Waals surface area contributed by atoms with Gasteiger partial charge < -0.3 is 14.5 Å². The molecule has 1 amide bonds. The number of hydrogen-bond acceptors (Lipinski definition) is 4. The number of aromatic nitrogens is 1. The first-order chi connectivity index (χ1) is 12.0. The average molecular weight is 402 g/mol. The minimum atomic E-state index is 0.0273. The van der Waals surface area contributed by atoms with Crippen molar-refractivity contribution in [3.63, 3.8) is 0 Å². The molecule has 0 bridgehead atoms. The van der Waals surface area contributed by atoms with E-state index < -0.39 is 0 Å². The zero-order valence-electron chi connectivity index (χ0n) is 14.3. The third-order valence-corrected chi connectivity index (χ3v) is 5.44. The number of fused-ring (bicyclic) bond motifs is 1. The molecule has 0 aliphatic carbocycles.